The summed E-state index contributed by atoms with van der Waals surface area (Å²) in [5.74, 6) is 0.0302. The molecule has 0 bridgehead atoms. The topological polar surface area (TPSA) is 46.9 Å². The second-order valence-electron chi connectivity index (χ2n) is 6.65. The van der Waals surface area contributed by atoms with Crippen molar-refractivity contribution >= 4 is 17.5 Å². The summed E-state index contributed by atoms with van der Waals surface area (Å²) in [7, 11) is 0. The number of nitrogens with one attached hydrogen (secondary N) is 1. The summed E-state index contributed by atoms with van der Waals surface area (Å²) in [5.41, 5.74) is 3.63. The molecule has 4 nitrogen and oxygen atoms in total. The highest BCUT2D eigenvalue weighted by Gasteiger charge is 2.16. The molecule has 1 aliphatic carbocycles. The highest BCUT2D eigenvalue weighted by Crippen LogP contribution is 2.20. The van der Waals surface area contributed by atoms with Crippen LogP contribution in [0.15, 0.2) is 24.3 Å². The summed E-state index contributed by atoms with van der Waals surface area (Å²) >= 11 is 6.19. The first-order valence-corrected chi connectivity index (χ1v) is 9.01. The number of aromatic nitrogens is 2. The molecule has 1 saturated carbocycles. The van der Waals surface area contributed by atoms with Crippen LogP contribution in [-0.4, -0.2) is 21.7 Å². The van der Waals surface area contributed by atoms with E-state index in [1.54, 1.807) is 0 Å². The van der Waals surface area contributed by atoms with E-state index in [0.29, 0.717) is 12.6 Å². The normalized spacial score (nSPS) is 15.5. The van der Waals surface area contributed by atoms with Crippen LogP contribution in [0, 0.1) is 13.8 Å². The predicted octanol–water partition coefficient (Wildman–Crippen LogP) is 4.26. The summed E-state index contributed by atoms with van der Waals surface area (Å²) in [6, 6.07) is 8.09. The van der Waals surface area contributed by atoms with Gasteiger partial charge < -0.3 is 5.32 Å². The first-order valence-electron chi connectivity index (χ1n) is 8.64. The average molecular weight is 346 g/mol. The fourth-order valence-corrected chi connectivity index (χ4v) is 3.41. The van der Waals surface area contributed by atoms with Crippen molar-refractivity contribution in [3.63, 3.8) is 0 Å². The second kappa shape index (κ2) is 7.39. The quantitative estimate of drug-likeness (QED) is 0.899. The molecule has 1 fully saturated rings. The van der Waals surface area contributed by atoms with E-state index in [0.717, 1.165) is 40.4 Å². The Bertz CT molecular complexity index is 715. The van der Waals surface area contributed by atoms with Crippen molar-refractivity contribution in [3.8, 4) is 0 Å². The molecule has 2 aromatic rings. The SMILES string of the molecule is Cc1nn(Cc2ccc(C(=O)NC3CCCCC3)cc2)c(C)c1Cl. The number of nitrogens with zero attached hydrogens (tertiary/aromatic N) is 2. The Balaban J connectivity index is 1.64. The summed E-state index contributed by atoms with van der Waals surface area (Å²) in [6.45, 7) is 4.53. The highest BCUT2D eigenvalue weighted by atomic mass is 35.5. The molecule has 0 unspecified atom stereocenters. The summed E-state index contributed by atoms with van der Waals surface area (Å²) in [6.07, 6.45) is 5.92. The van der Waals surface area contributed by atoms with E-state index < -0.39 is 0 Å². The van der Waals surface area contributed by atoms with Crippen molar-refractivity contribution < 1.29 is 4.79 Å². The van der Waals surface area contributed by atoms with Gasteiger partial charge >= 0.3 is 0 Å². The Kier molecular flexibility index (Phi) is 5.24. The zero-order valence-electron chi connectivity index (χ0n) is 14.3. The molecule has 0 spiro atoms. The van der Waals surface area contributed by atoms with E-state index in [2.05, 4.69) is 10.4 Å². The standard InChI is InChI=1S/C19H24ClN3O/c1-13-18(20)14(2)23(22-13)12-15-8-10-16(11-9-15)19(24)21-17-6-4-3-5-7-17/h8-11,17H,3-7,12H2,1-2H3,(H,21,24). The van der Waals surface area contributed by atoms with E-state index in [-0.39, 0.29) is 5.91 Å². The highest BCUT2D eigenvalue weighted by molar-refractivity contribution is 6.31. The first-order chi connectivity index (χ1) is 11.5. The molecule has 0 atom stereocenters. The van der Waals surface area contributed by atoms with E-state index in [9.17, 15) is 4.79 Å². The molecule has 1 heterocycles. The van der Waals surface area contributed by atoms with Crippen molar-refractivity contribution in [1.82, 2.24) is 15.1 Å². The molecule has 1 amide bonds. The van der Waals surface area contributed by atoms with Crippen molar-refractivity contribution in [2.75, 3.05) is 0 Å². The third-order valence-corrected chi connectivity index (χ3v) is 5.33. The van der Waals surface area contributed by atoms with E-state index in [4.69, 9.17) is 11.6 Å². The summed E-state index contributed by atoms with van der Waals surface area (Å²) in [4.78, 5) is 12.3. The molecule has 0 radical (unpaired) electrons. The molecule has 1 aliphatic rings. The van der Waals surface area contributed by atoms with Crippen LogP contribution in [0.3, 0.4) is 0 Å². The van der Waals surface area contributed by atoms with Gasteiger partial charge in [0.25, 0.3) is 5.91 Å². The monoisotopic (exact) mass is 345 g/mol. The number of hydrogen-bond acceptors (Lipinski definition) is 2. The van der Waals surface area contributed by atoms with Gasteiger partial charge in [-0.15, -0.1) is 0 Å². The van der Waals surface area contributed by atoms with Crippen LogP contribution in [0.5, 0.6) is 0 Å². The van der Waals surface area contributed by atoms with Crippen molar-refractivity contribution in [2.24, 2.45) is 0 Å². The van der Waals surface area contributed by atoms with Crippen molar-refractivity contribution in [2.45, 2.75) is 58.5 Å². The number of halogens is 1. The van der Waals surface area contributed by atoms with E-state index in [1.807, 2.05) is 42.8 Å². The largest absolute Gasteiger partial charge is 0.349 e. The number of carbonyl (C=O) groups excluding carboxylic acids is 1. The molecule has 0 aliphatic heterocycles. The Morgan fingerprint density at radius 1 is 1.21 bits per heavy atom. The van der Waals surface area contributed by atoms with Gasteiger partial charge in [-0.3, -0.25) is 9.48 Å². The van der Waals surface area contributed by atoms with Gasteiger partial charge in [0, 0.05) is 11.6 Å². The lowest BCUT2D eigenvalue weighted by Gasteiger charge is -2.22. The van der Waals surface area contributed by atoms with Crippen molar-refractivity contribution in [3.05, 3.63) is 51.8 Å². The van der Waals surface area contributed by atoms with Crippen LogP contribution < -0.4 is 5.32 Å². The average Bonchev–Trinajstić information content (AvgIpc) is 2.83. The molecule has 1 aromatic heterocycles. The van der Waals surface area contributed by atoms with Crippen molar-refractivity contribution in [1.29, 1.82) is 0 Å². The van der Waals surface area contributed by atoms with Gasteiger partial charge in [-0.2, -0.15) is 5.10 Å². The number of rotatable bonds is 4. The number of carbonyl (C=O) groups is 1. The predicted molar refractivity (Wildman–Crippen MR) is 96.6 cm³/mol. The minimum absolute atomic E-state index is 0.0302. The van der Waals surface area contributed by atoms with Crippen LogP contribution in [0.4, 0.5) is 0 Å². The Hall–Kier alpha value is -1.81. The Labute approximate surface area is 148 Å². The minimum atomic E-state index is 0.0302. The van der Waals surface area contributed by atoms with E-state index >= 15 is 0 Å². The zero-order valence-corrected chi connectivity index (χ0v) is 15.1. The van der Waals surface area contributed by atoms with Crippen LogP contribution in [0.2, 0.25) is 5.02 Å². The molecule has 1 aromatic carbocycles. The van der Waals surface area contributed by atoms with Crippen LogP contribution >= 0.6 is 11.6 Å². The lowest BCUT2D eigenvalue weighted by atomic mass is 9.95. The maximum absolute atomic E-state index is 12.3. The molecule has 0 saturated heterocycles. The number of amides is 1. The van der Waals surface area contributed by atoms with Gasteiger partial charge in [-0.25, -0.2) is 0 Å². The minimum Gasteiger partial charge on any atom is -0.349 e. The molecular weight excluding hydrogens is 322 g/mol. The van der Waals surface area contributed by atoms with Gasteiger partial charge in [-0.1, -0.05) is 43.0 Å². The first kappa shape index (κ1) is 17.0. The summed E-state index contributed by atoms with van der Waals surface area (Å²) in [5, 5.41) is 8.32. The number of benzene rings is 1. The van der Waals surface area contributed by atoms with Gasteiger partial charge in [-0.05, 0) is 44.4 Å². The lowest BCUT2D eigenvalue weighted by molar-refractivity contribution is 0.0927. The molecule has 5 heteroatoms. The Morgan fingerprint density at radius 2 is 1.88 bits per heavy atom. The smallest absolute Gasteiger partial charge is 0.251 e. The van der Waals surface area contributed by atoms with Crippen LogP contribution in [0.25, 0.3) is 0 Å². The molecule has 128 valence electrons. The van der Waals surface area contributed by atoms with Crippen LogP contribution in [0.1, 0.15) is 59.4 Å². The Morgan fingerprint density at radius 3 is 2.46 bits per heavy atom. The second-order valence-corrected chi connectivity index (χ2v) is 7.03. The maximum Gasteiger partial charge on any atom is 0.251 e. The third-order valence-electron chi connectivity index (χ3n) is 4.78. The molecule has 24 heavy (non-hydrogen) atoms. The number of hydrogen-bond donors (Lipinski definition) is 1. The third kappa shape index (κ3) is 3.81. The van der Waals surface area contributed by atoms with Gasteiger partial charge in [0.15, 0.2) is 0 Å². The van der Waals surface area contributed by atoms with Gasteiger partial charge in [0.05, 0.1) is 23.0 Å². The van der Waals surface area contributed by atoms with E-state index in [1.165, 1.54) is 19.3 Å². The van der Waals surface area contributed by atoms with Gasteiger partial charge in [0.1, 0.15) is 0 Å². The lowest BCUT2D eigenvalue weighted by Crippen LogP contribution is -2.36. The fraction of sp³-hybridized carbons (Fsp3) is 0.474. The summed E-state index contributed by atoms with van der Waals surface area (Å²) < 4.78 is 1.90. The van der Waals surface area contributed by atoms with Gasteiger partial charge in [0.2, 0.25) is 0 Å². The molecule has 1 N–H and O–H groups in total. The zero-order chi connectivity index (χ0) is 17.1. The molecular formula is C19H24ClN3O. The number of aryl methyl sites for hydroxylation is 1. The maximum atomic E-state index is 12.3. The molecule has 3 rings (SSSR count). The fourth-order valence-electron chi connectivity index (χ4n) is 3.28. The van der Waals surface area contributed by atoms with Crippen LogP contribution in [-0.2, 0) is 6.54 Å².